The number of nitrogens with one attached hydrogen (secondary N) is 2. The molecule has 0 aromatic heterocycles. The van der Waals surface area contributed by atoms with Gasteiger partial charge in [-0.2, -0.15) is 0 Å². The van der Waals surface area contributed by atoms with Crippen LogP contribution in [0.5, 0.6) is 0 Å². The second-order valence-electron chi connectivity index (χ2n) is 11.5. The lowest BCUT2D eigenvalue weighted by molar-refractivity contribution is -0.253. The normalized spacial score (nSPS) is 10.8. The first-order valence-corrected chi connectivity index (χ1v) is 15.7. The molecule has 0 fully saturated rings. The molecular formula is C41H34N2O6. The average molecular weight is 651 g/mol. The van der Waals surface area contributed by atoms with Gasteiger partial charge in [-0.05, 0) is 93.4 Å². The standard InChI is InChI=1S/C41H34N2O6/c44-40(38-22-17-33(25-39(38)41(45)46)31-9-5-2-6-10-31)42-36-18-11-28(12-19-36)23-29-13-20-37(21-14-29)43-48-26-34-16-15-32(24-35(34)27-49-47)30-7-3-1-4-8-30/h1-22,24-25,43,47H,23,26-27H2,(H,42,44)(H,45,46). The number of carbonyl (C=O) groups excluding carboxylic acids is 1. The van der Waals surface area contributed by atoms with Gasteiger partial charge in [-0.3, -0.25) is 20.4 Å². The van der Waals surface area contributed by atoms with E-state index >= 15 is 0 Å². The van der Waals surface area contributed by atoms with Gasteiger partial charge in [0.15, 0.2) is 0 Å². The molecule has 1 amide bonds. The molecule has 0 aliphatic heterocycles. The second-order valence-corrected chi connectivity index (χ2v) is 11.5. The van der Waals surface area contributed by atoms with Gasteiger partial charge in [-0.25, -0.2) is 9.68 Å². The number of carbonyl (C=O) groups is 2. The summed E-state index contributed by atoms with van der Waals surface area (Å²) in [7, 11) is 0. The van der Waals surface area contributed by atoms with Crippen molar-refractivity contribution in [3.8, 4) is 22.3 Å². The van der Waals surface area contributed by atoms with Crippen LogP contribution in [-0.2, 0) is 29.4 Å². The van der Waals surface area contributed by atoms with Crippen molar-refractivity contribution in [1.29, 1.82) is 0 Å². The first kappa shape index (κ1) is 32.9. The maximum absolute atomic E-state index is 13.1. The minimum absolute atomic E-state index is 0.0516. The third kappa shape index (κ3) is 8.46. The lowest BCUT2D eigenvalue weighted by Crippen LogP contribution is -2.16. The van der Waals surface area contributed by atoms with Gasteiger partial charge in [0, 0.05) is 5.69 Å². The van der Waals surface area contributed by atoms with Crippen molar-refractivity contribution in [3.05, 3.63) is 179 Å². The molecule has 0 bridgehead atoms. The summed E-state index contributed by atoms with van der Waals surface area (Å²) in [4.78, 5) is 35.3. The lowest BCUT2D eigenvalue weighted by Gasteiger charge is -2.13. The van der Waals surface area contributed by atoms with Gasteiger partial charge in [-0.15, -0.1) is 0 Å². The van der Waals surface area contributed by atoms with Crippen LogP contribution in [0.3, 0.4) is 0 Å². The molecule has 0 spiro atoms. The van der Waals surface area contributed by atoms with Crippen molar-refractivity contribution >= 4 is 23.3 Å². The molecule has 0 unspecified atom stereocenters. The molecular weight excluding hydrogens is 616 g/mol. The van der Waals surface area contributed by atoms with E-state index in [0.717, 1.165) is 50.2 Å². The highest BCUT2D eigenvalue weighted by molar-refractivity contribution is 6.11. The van der Waals surface area contributed by atoms with Gasteiger partial charge in [-0.1, -0.05) is 103 Å². The average Bonchev–Trinajstić information content (AvgIpc) is 3.14. The van der Waals surface area contributed by atoms with E-state index in [-0.39, 0.29) is 24.3 Å². The first-order chi connectivity index (χ1) is 24.0. The first-order valence-electron chi connectivity index (χ1n) is 15.7. The van der Waals surface area contributed by atoms with Gasteiger partial charge in [0.05, 0.1) is 23.4 Å². The highest BCUT2D eigenvalue weighted by Crippen LogP contribution is 2.26. The predicted octanol–water partition coefficient (Wildman–Crippen LogP) is 9.10. The van der Waals surface area contributed by atoms with E-state index in [9.17, 15) is 14.7 Å². The van der Waals surface area contributed by atoms with Crippen LogP contribution < -0.4 is 10.8 Å². The Morgan fingerprint density at radius 1 is 0.551 bits per heavy atom. The molecule has 4 N–H and O–H groups in total. The molecule has 0 aliphatic carbocycles. The minimum atomic E-state index is -1.16. The number of carboxylic acids is 1. The van der Waals surface area contributed by atoms with Crippen LogP contribution in [-0.4, -0.2) is 22.2 Å². The number of hydrogen-bond acceptors (Lipinski definition) is 6. The Morgan fingerprint density at radius 3 is 1.71 bits per heavy atom. The van der Waals surface area contributed by atoms with Crippen LogP contribution in [0.4, 0.5) is 11.4 Å². The van der Waals surface area contributed by atoms with Crippen molar-refractivity contribution in [2.45, 2.75) is 19.6 Å². The number of amides is 1. The summed E-state index contributed by atoms with van der Waals surface area (Å²) < 4.78 is 0. The van der Waals surface area contributed by atoms with Crippen LogP contribution in [0.2, 0.25) is 0 Å². The predicted molar refractivity (Wildman–Crippen MR) is 190 cm³/mol. The van der Waals surface area contributed by atoms with Crippen LogP contribution in [0.25, 0.3) is 22.3 Å². The summed E-state index contributed by atoms with van der Waals surface area (Å²) in [6.07, 6.45) is 0.678. The van der Waals surface area contributed by atoms with E-state index in [2.05, 4.69) is 15.7 Å². The van der Waals surface area contributed by atoms with E-state index in [0.29, 0.717) is 12.1 Å². The van der Waals surface area contributed by atoms with Gasteiger partial charge < -0.3 is 10.4 Å². The quantitative estimate of drug-likeness (QED) is 0.0728. The Balaban J connectivity index is 1.02. The fourth-order valence-corrected chi connectivity index (χ4v) is 5.54. The summed E-state index contributed by atoms with van der Waals surface area (Å²) in [5.41, 5.74) is 11.9. The fraction of sp³-hybridized carbons (Fsp3) is 0.0732. The molecule has 0 saturated heterocycles. The van der Waals surface area contributed by atoms with Crippen molar-refractivity contribution in [2.75, 3.05) is 10.8 Å². The molecule has 6 aromatic rings. The summed E-state index contributed by atoms with van der Waals surface area (Å²) in [6.45, 7) is 0.324. The molecule has 8 nitrogen and oxygen atoms in total. The summed E-state index contributed by atoms with van der Waals surface area (Å²) in [5, 5.41) is 21.7. The SMILES string of the molecule is O=C(O)c1cc(-c2ccccc2)ccc1C(=O)Nc1ccc(Cc2ccc(NOCc3ccc(-c4ccccc4)cc3COO)cc2)cc1. The topological polar surface area (TPSA) is 117 Å². The Kier molecular flexibility index (Phi) is 10.5. The second kappa shape index (κ2) is 15.7. The Hall–Kier alpha value is -6.06. The maximum Gasteiger partial charge on any atom is 0.336 e. The van der Waals surface area contributed by atoms with E-state index in [1.165, 1.54) is 6.07 Å². The molecule has 6 rings (SSSR count). The Morgan fingerprint density at radius 2 is 1.12 bits per heavy atom. The van der Waals surface area contributed by atoms with Gasteiger partial charge in [0.25, 0.3) is 5.91 Å². The highest BCUT2D eigenvalue weighted by atomic mass is 17.1. The molecule has 0 atom stereocenters. The molecule has 0 saturated carbocycles. The summed E-state index contributed by atoms with van der Waals surface area (Å²) >= 11 is 0. The summed E-state index contributed by atoms with van der Waals surface area (Å²) in [6, 6.07) is 45.6. The van der Waals surface area contributed by atoms with Crippen molar-refractivity contribution in [2.24, 2.45) is 0 Å². The zero-order valence-electron chi connectivity index (χ0n) is 26.5. The minimum Gasteiger partial charge on any atom is -0.478 e. The Bertz CT molecular complexity index is 2030. The molecule has 8 heteroatoms. The number of hydrogen-bond donors (Lipinski definition) is 4. The van der Waals surface area contributed by atoms with E-state index in [4.69, 9.17) is 10.1 Å². The number of anilines is 2. The Labute approximate surface area is 284 Å². The number of aromatic carboxylic acids is 1. The van der Waals surface area contributed by atoms with Crippen LogP contribution in [0.1, 0.15) is 43.0 Å². The van der Waals surface area contributed by atoms with Crippen molar-refractivity contribution < 1.29 is 29.7 Å². The zero-order valence-corrected chi connectivity index (χ0v) is 26.5. The molecule has 0 radical (unpaired) electrons. The molecule has 0 aliphatic rings. The number of rotatable bonds is 13. The molecule has 49 heavy (non-hydrogen) atoms. The third-order valence-electron chi connectivity index (χ3n) is 8.13. The lowest BCUT2D eigenvalue weighted by atomic mass is 9.98. The van der Waals surface area contributed by atoms with Gasteiger partial charge in [0.1, 0.15) is 6.61 Å². The molecule has 244 valence electrons. The molecule has 6 aromatic carbocycles. The van der Waals surface area contributed by atoms with Gasteiger partial charge in [0.2, 0.25) is 0 Å². The van der Waals surface area contributed by atoms with Crippen LogP contribution in [0.15, 0.2) is 146 Å². The third-order valence-corrected chi connectivity index (χ3v) is 8.13. The van der Waals surface area contributed by atoms with Crippen molar-refractivity contribution in [3.63, 3.8) is 0 Å². The maximum atomic E-state index is 13.1. The number of benzene rings is 6. The fourth-order valence-electron chi connectivity index (χ4n) is 5.54. The van der Waals surface area contributed by atoms with Gasteiger partial charge >= 0.3 is 5.97 Å². The van der Waals surface area contributed by atoms with E-state index in [1.54, 1.807) is 24.3 Å². The van der Waals surface area contributed by atoms with Crippen LogP contribution in [0, 0.1) is 0 Å². The van der Waals surface area contributed by atoms with E-state index < -0.39 is 11.9 Å². The van der Waals surface area contributed by atoms with Crippen molar-refractivity contribution in [1.82, 2.24) is 0 Å². The number of carboxylic acid groups (broad SMARTS) is 1. The smallest absolute Gasteiger partial charge is 0.336 e. The molecule has 0 heterocycles. The highest BCUT2D eigenvalue weighted by Gasteiger charge is 2.18. The van der Waals surface area contributed by atoms with E-state index in [1.807, 2.05) is 115 Å². The largest absolute Gasteiger partial charge is 0.478 e. The summed E-state index contributed by atoms with van der Waals surface area (Å²) in [5.74, 6) is -1.65. The monoisotopic (exact) mass is 650 g/mol. The van der Waals surface area contributed by atoms with Crippen LogP contribution >= 0.6 is 0 Å². The zero-order chi connectivity index (χ0) is 34.0.